The van der Waals surface area contributed by atoms with Gasteiger partial charge in [0.1, 0.15) is 17.2 Å². The lowest BCUT2D eigenvalue weighted by Gasteiger charge is -2.12. The third-order valence-electron chi connectivity index (χ3n) is 3.99. The first-order valence-corrected chi connectivity index (χ1v) is 8.07. The lowest BCUT2D eigenvalue weighted by Crippen LogP contribution is -2.01. The number of para-hydroxylation sites is 2. The molecule has 1 aromatic heterocycles. The minimum Gasteiger partial charge on any atom is -0.508 e. The summed E-state index contributed by atoms with van der Waals surface area (Å²) in [7, 11) is 0. The number of aromatic nitrogens is 2. The molecule has 4 aromatic rings. The summed E-state index contributed by atoms with van der Waals surface area (Å²) in [5, 5.41) is 44.6. The molecule has 0 amide bonds. The first-order valence-electron chi connectivity index (χ1n) is 8.07. The maximum absolute atomic E-state index is 11.7. The van der Waals surface area contributed by atoms with Crippen LogP contribution in [0.3, 0.4) is 0 Å². The van der Waals surface area contributed by atoms with Crippen LogP contribution in [0.4, 0.5) is 28.4 Å². The molecule has 28 heavy (non-hydrogen) atoms. The molecular formula is C18H13N5O5. The van der Waals surface area contributed by atoms with Gasteiger partial charge < -0.3 is 20.8 Å². The zero-order chi connectivity index (χ0) is 19.7. The average Bonchev–Trinajstić information content (AvgIpc) is 3.13. The maximum atomic E-state index is 11.7. The highest BCUT2D eigenvalue weighted by Gasteiger charge is 2.26. The van der Waals surface area contributed by atoms with E-state index < -0.39 is 4.92 Å². The second kappa shape index (κ2) is 6.76. The summed E-state index contributed by atoms with van der Waals surface area (Å²) < 4.78 is 4.71. The lowest BCUT2D eigenvalue weighted by atomic mass is 10.1. The van der Waals surface area contributed by atoms with E-state index in [9.17, 15) is 20.3 Å². The summed E-state index contributed by atoms with van der Waals surface area (Å²) in [6.07, 6.45) is 0. The number of rotatable bonds is 5. The molecule has 0 spiro atoms. The standard InChI is InChI=1S/C18H13N5O5/c24-11-5-3-4-10(8-11)19-14-9-13(20-12-6-1-2-7-15(12)25)16-17(22-28-21-16)18(14)23(26)27/h1-9,19-20,24-25H. The largest absolute Gasteiger partial charge is 0.508 e. The van der Waals surface area contributed by atoms with Crippen molar-refractivity contribution < 1.29 is 19.8 Å². The Kier molecular flexibility index (Phi) is 4.13. The van der Waals surface area contributed by atoms with E-state index in [2.05, 4.69) is 20.9 Å². The van der Waals surface area contributed by atoms with Gasteiger partial charge in [0.25, 0.3) is 0 Å². The summed E-state index contributed by atoms with van der Waals surface area (Å²) in [6, 6.07) is 14.1. The van der Waals surface area contributed by atoms with Gasteiger partial charge in [-0.3, -0.25) is 10.1 Å². The molecule has 0 saturated heterocycles. The number of nitro benzene ring substituents is 1. The van der Waals surface area contributed by atoms with Crippen molar-refractivity contribution in [2.24, 2.45) is 0 Å². The molecule has 10 nitrogen and oxygen atoms in total. The average molecular weight is 379 g/mol. The number of phenolic OH excluding ortho intramolecular Hbond substituents is 2. The second-order valence-corrected chi connectivity index (χ2v) is 5.86. The molecule has 0 bridgehead atoms. The Labute approximate surface area is 157 Å². The topological polar surface area (TPSA) is 147 Å². The van der Waals surface area contributed by atoms with Gasteiger partial charge in [-0.2, -0.15) is 0 Å². The van der Waals surface area contributed by atoms with Gasteiger partial charge in [-0.15, -0.1) is 0 Å². The molecule has 10 heteroatoms. The number of aromatic hydroxyl groups is 2. The molecule has 0 fully saturated rings. The zero-order valence-electron chi connectivity index (χ0n) is 14.2. The van der Waals surface area contributed by atoms with E-state index in [1.165, 1.54) is 24.3 Å². The van der Waals surface area contributed by atoms with Crippen molar-refractivity contribution in [1.29, 1.82) is 0 Å². The van der Waals surface area contributed by atoms with Crippen molar-refractivity contribution in [1.82, 2.24) is 10.3 Å². The summed E-state index contributed by atoms with van der Waals surface area (Å²) in [6.45, 7) is 0. The fraction of sp³-hybridized carbons (Fsp3) is 0. The van der Waals surface area contributed by atoms with E-state index in [0.717, 1.165) is 0 Å². The van der Waals surface area contributed by atoms with Crippen LogP contribution in [0.5, 0.6) is 11.5 Å². The van der Waals surface area contributed by atoms with E-state index in [1.807, 2.05) is 0 Å². The van der Waals surface area contributed by atoms with Crippen LogP contribution in [-0.4, -0.2) is 25.4 Å². The quantitative estimate of drug-likeness (QED) is 0.229. The van der Waals surface area contributed by atoms with E-state index in [-0.39, 0.29) is 33.9 Å². The molecule has 4 N–H and O–H groups in total. The van der Waals surface area contributed by atoms with Crippen molar-refractivity contribution in [3.8, 4) is 11.5 Å². The number of phenols is 2. The predicted molar refractivity (Wildman–Crippen MR) is 101 cm³/mol. The van der Waals surface area contributed by atoms with Gasteiger partial charge in [0.2, 0.25) is 5.52 Å². The SMILES string of the molecule is O=[N+]([O-])c1c(Nc2cccc(O)c2)cc(Nc2ccccc2O)c2nonc12. The van der Waals surface area contributed by atoms with Gasteiger partial charge >= 0.3 is 5.69 Å². The van der Waals surface area contributed by atoms with Gasteiger partial charge in [-0.25, -0.2) is 4.63 Å². The van der Waals surface area contributed by atoms with Crippen LogP contribution in [0.25, 0.3) is 11.0 Å². The first kappa shape index (κ1) is 17.1. The molecule has 0 radical (unpaired) electrons. The summed E-state index contributed by atoms with van der Waals surface area (Å²) in [4.78, 5) is 11.1. The second-order valence-electron chi connectivity index (χ2n) is 5.86. The molecule has 0 aliphatic rings. The highest BCUT2D eigenvalue weighted by Crippen LogP contribution is 2.40. The molecule has 3 aromatic carbocycles. The van der Waals surface area contributed by atoms with Gasteiger partial charge in [0.05, 0.1) is 16.3 Å². The summed E-state index contributed by atoms with van der Waals surface area (Å²) >= 11 is 0. The Bertz CT molecular complexity index is 1190. The van der Waals surface area contributed by atoms with E-state index in [1.54, 1.807) is 30.3 Å². The smallest absolute Gasteiger partial charge is 0.324 e. The summed E-state index contributed by atoms with van der Waals surface area (Å²) in [5.41, 5.74) is 1.01. The molecule has 0 atom stereocenters. The van der Waals surface area contributed by atoms with E-state index in [0.29, 0.717) is 17.1 Å². The first-order chi connectivity index (χ1) is 13.5. The number of hydrogen-bond donors (Lipinski definition) is 4. The molecule has 140 valence electrons. The van der Waals surface area contributed by atoms with Gasteiger partial charge in [0.15, 0.2) is 5.52 Å². The monoisotopic (exact) mass is 379 g/mol. The molecular weight excluding hydrogens is 366 g/mol. The fourth-order valence-corrected chi connectivity index (χ4v) is 2.77. The van der Waals surface area contributed by atoms with Crippen LogP contribution in [0.15, 0.2) is 59.2 Å². The highest BCUT2D eigenvalue weighted by atomic mass is 16.6. The number of nitrogens with zero attached hydrogens (tertiary/aromatic N) is 3. The minimum absolute atomic E-state index is 0.00407. The third-order valence-corrected chi connectivity index (χ3v) is 3.99. The van der Waals surface area contributed by atoms with E-state index in [4.69, 9.17) is 4.63 Å². The molecule has 0 aliphatic carbocycles. The molecule has 0 saturated carbocycles. The molecule has 0 unspecified atom stereocenters. The lowest BCUT2D eigenvalue weighted by molar-refractivity contribution is -0.382. The molecule has 1 heterocycles. The Morgan fingerprint density at radius 1 is 0.893 bits per heavy atom. The van der Waals surface area contributed by atoms with Crippen LogP contribution >= 0.6 is 0 Å². The number of fused-ring (bicyclic) bond motifs is 1. The Morgan fingerprint density at radius 3 is 2.43 bits per heavy atom. The van der Waals surface area contributed by atoms with E-state index >= 15 is 0 Å². The highest BCUT2D eigenvalue weighted by molar-refractivity contribution is 6.01. The van der Waals surface area contributed by atoms with Crippen LogP contribution < -0.4 is 10.6 Å². The van der Waals surface area contributed by atoms with Crippen LogP contribution in [0.2, 0.25) is 0 Å². The van der Waals surface area contributed by atoms with Gasteiger partial charge in [0, 0.05) is 11.8 Å². The number of hydrogen-bond acceptors (Lipinski definition) is 9. The number of anilines is 4. The van der Waals surface area contributed by atoms with Crippen LogP contribution in [0, 0.1) is 10.1 Å². The Balaban J connectivity index is 1.86. The van der Waals surface area contributed by atoms with Crippen molar-refractivity contribution in [3.63, 3.8) is 0 Å². The number of benzene rings is 3. The Hall–Kier alpha value is -4.34. The molecule has 4 rings (SSSR count). The summed E-state index contributed by atoms with van der Waals surface area (Å²) in [5.74, 6) is -0.00246. The fourth-order valence-electron chi connectivity index (χ4n) is 2.77. The van der Waals surface area contributed by atoms with Crippen molar-refractivity contribution in [2.45, 2.75) is 0 Å². The predicted octanol–water partition coefficient (Wildman–Crippen LogP) is 4.03. The van der Waals surface area contributed by atoms with Crippen LogP contribution in [-0.2, 0) is 0 Å². The van der Waals surface area contributed by atoms with Gasteiger partial charge in [-0.05, 0) is 40.6 Å². The van der Waals surface area contributed by atoms with Crippen molar-refractivity contribution >= 4 is 39.5 Å². The van der Waals surface area contributed by atoms with Crippen molar-refractivity contribution in [3.05, 3.63) is 64.7 Å². The normalized spacial score (nSPS) is 10.7. The van der Waals surface area contributed by atoms with Gasteiger partial charge in [-0.1, -0.05) is 18.2 Å². The minimum atomic E-state index is -0.596. The Morgan fingerprint density at radius 2 is 1.68 bits per heavy atom. The maximum Gasteiger partial charge on any atom is 0.324 e. The van der Waals surface area contributed by atoms with Crippen molar-refractivity contribution in [2.75, 3.05) is 10.6 Å². The zero-order valence-corrected chi connectivity index (χ0v) is 14.2. The number of nitro groups is 1. The molecule has 0 aliphatic heterocycles. The third kappa shape index (κ3) is 3.09. The number of nitrogens with one attached hydrogen (secondary N) is 2. The van der Waals surface area contributed by atoms with Crippen LogP contribution in [0.1, 0.15) is 0 Å².